The topological polar surface area (TPSA) is 58.4 Å². The molecule has 0 saturated carbocycles. The summed E-state index contributed by atoms with van der Waals surface area (Å²) >= 11 is 11.0. The average Bonchev–Trinajstić information content (AvgIpc) is 2.28. The molecule has 4 nitrogen and oxygen atoms in total. The highest BCUT2D eigenvalue weighted by Gasteiger charge is 2.18. The summed E-state index contributed by atoms with van der Waals surface area (Å²) in [6, 6.07) is 5.39. The fraction of sp³-hybridized carbons (Fsp3) is 0.273. The number of halogens is 1. The lowest BCUT2D eigenvalue weighted by molar-refractivity contribution is -0.120. The first-order valence-electron chi connectivity index (χ1n) is 5.19. The van der Waals surface area contributed by atoms with E-state index < -0.39 is 0 Å². The van der Waals surface area contributed by atoms with Crippen molar-refractivity contribution in [1.82, 2.24) is 5.32 Å². The fourth-order valence-corrected chi connectivity index (χ4v) is 2.19. The fourth-order valence-electron chi connectivity index (χ4n) is 1.76. The van der Waals surface area contributed by atoms with E-state index in [4.69, 9.17) is 29.6 Å². The normalized spacial score (nSPS) is 15.6. The summed E-state index contributed by atoms with van der Waals surface area (Å²) in [6.45, 7) is 1.70. The van der Waals surface area contributed by atoms with E-state index >= 15 is 0 Å². The smallest absolute Gasteiger partial charge is 0.239 e. The summed E-state index contributed by atoms with van der Waals surface area (Å²) in [5, 5.41) is 3.33. The monoisotopic (exact) mass is 269 g/mol. The highest BCUT2D eigenvalue weighted by atomic mass is 35.5. The van der Waals surface area contributed by atoms with Crippen LogP contribution in [-0.4, -0.2) is 30.5 Å². The molecule has 1 aliphatic rings. The van der Waals surface area contributed by atoms with Crippen molar-refractivity contribution in [2.75, 3.05) is 24.5 Å². The van der Waals surface area contributed by atoms with Gasteiger partial charge in [0, 0.05) is 18.7 Å². The summed E-state index contributed by atoms with van der Waals surface area (Å²) in [6.07, 6.45) is 0. The molecule has 1 saturated heterocycles. The Morgan fingerprint density at radius 1 is 1.53 bits per heavy atom. The molecule has 6 heteroatoms. The van der Waals surface area contributed by atoms with Gasteiger partial charge in [0.05, 0.1) is 17.3 Å². The molecule has 1 fully saturated rings. The van der Waals surface area contributed by atoms with Crippen LogP contribution in [0.4, 0.5) is 5.69 Å². The van der Waals surface area contributed by atoms with Gasteiger partial charge in [-0.3, -0.25) is 4.79 Å². The number of benzene rings is 1. The minimum Gasteiger partial charge on any atom is -0.389 e. The van der Waals surface area contributed by atoms with Crippen LogP contribution in [0.3, 0.4) is 0 Å². The van der Waals surface area contributed by atoms with Crippen LogP contribution in [0.2, 0.25) is 5.02 Å². The maximum absolute atomic E-state index is 11.3. The van der Waals surface area contributed by atoms with Gasteiger partial charge in [0.2, 0.25) is 5.91 Å². The van der Waals surface area contributed by atoms with E-state index in [0.717, 1.165) is 17.8 Å². The van der Waals surface area contributed by atoms with Crippen molar-refractivity contribution in [3.63, 3.8) is 0 Å². The first-order valence-corrected chi connectivity index (χ1v) is 5.97. The predicted octanol–water partition coefficient (Wildman–Crippen LogP) is 0.910. The second-order valence-electron chi connectivity index (χ2n) is 3.80. The van der Waals surface area contributed by atoms with Gasteiger partial charge in [0.15, 0.2) is 0 Å². The minimum absolute atomic E-state index is 0.00531. The number of nitrogens with two attached hydrogens (primary N) is 1. The number of nitrogens with one attached hydrogen (secondary N) is 1. The van der Waals surface area contributed by atoms with Crippen LogP contribution in [0.15, 0.2) is 18.2 Å². The molecule has 1 aromatic carbocycles. The standard InChI is InChI=1S/C11H12ClN3OS/c12-8-5-7(11(13)17)1-2-9(8)15-4-3-14-10(16)6-15/h1-2,5H,3-4,6H2,(H2,13,17)(H,14,16). The SMILES string of the molecule is NC(=S)c1ccc(N2CCNC(=O)C2)c(Cl)c1. The highest BCUT2D eigenvalue weighted by molar-refractivity contribution is 7.80. The number of thiocarbonyl (C=S) groups is 1. The molecule has 1 aromatic rings. The molecule has 0 aromatic heterocycles. The van der Waals surface area contributed by atoms with Crippen molar-refractivity contribution in [2.24, 2.45) is 5.73 Å². The van der Waals surface area contributed by atoms with E-state index in [1.54, 1.807) is 6.07 Å². The number of anilines is 1. The summed E-state index contributed by atoms with van der Waals surface area (Å²) in [7, 11) is 0. The Morgan fingerprint density at radius 2 is 2.29 bits per heavy atom. The van der Waals surface area contributed by atoms with Gasteiger partial charge in [-0.15, -0.1) is 0 Å². The zero-order valence-corrected chi connectivity index (χ0v) is 10.6. The van der Waals surface area contributed by atoms with Gasteiger partial charge >= 0.3 is 0 Å². The number of rotatable bonds is 2. The van der Waals surface area contributed by atoms with E-state index in [1.165, 1.54) is 0 Å². The van der Waals surface area contributed by atoms with Gasteiger partial charge in [0.25, 0.3) is 0 Å². The lowest BCUT2D eigenvalue weighted by atomic mass is 10.2. The molecule has 0 aliphatic carbocycles. The van der Waals surface area contributed by atoms with Gasteiger partial charge < -0.3 is 16.0 Å². The Morgan fingerprint density at radius 3 is 2.88 bits per heavy atom. The predicted molar refractivity (Wildman–Crippen MR) is 72.6 cm³/mol. The Balaban J connectivity index is 2.26. The second-order valence-corrected chi connectivity index (χ2v) is 4.65. The summed E-state index contributed by atoms with van der Waals surface area (Å²) in [5.41, 5.74) is 7.09. The first-order chi connectivity index (χ1) is 8.08. The molecule has 2 rings (SSSR count). The molecule has 1 amide bonds. The molecule has 3 N–H and O–H groups in total. The average molecular weight is 270 g/mol. The second kappa shape index (κ2) is 4.89. The van der Waals surface area contributed by atoms with Crippen molar-refractivity contribution in [3.8, 4) is 0 Å². The Kier molecular flexibility index (Phi) is 3.49. The van der Waals surface area contributed by atoms with Crippen LogP contribution >= 0.6 is 23.8 Å². The lowest BCUT2D eigenvalue weighted by Crippen LogP contribution is -2.47. The molecule has 1 aliphatic heterocycles. The third kappa shape index (κ3) is 2.68. The van der Waals surface area contributed by atoms with Crippen molar-refractivity contribution < 1.29 is 4.79 Å². The molecule has 17 heavy (non-hydrogen) atoms. The number of amides is 1. The highest BCUT2D eigenvalue weighted by Crippen LogP contribution is 2.27. The van der Waals surface area contributed by atoms with E-state index in [2.05, 4.69) is 5.32 Å². The third-order valence-corrected chi connectivity index (χ3v) is 3.15. The zero-order valence-electron chi connectivity index (χ0n) is 9.07. The van der Waals surface area contributed by atoms with Crippen molar-refractivity contribution in [2.45, 2.75) is 0 Å². The zero-order chi connectivity index (χ0) is 12.4. The Labute approximate surface area is 110 Å². The lowest BCUT2D eigenvalue weighted by Gasteiger charge is -2.29. The molecule has 0 radical (unpaired) electrons. The number of carbonyl (C=O) groups excluding carboxylic acids is 1. The quantitative estimate of drug-likeness (QED) is 0.784. The summed E-state index contributed by atoms with van der Waals surface area (Å²) < 4.78 is 0. The van der Waals surface area contributed by atoms with Crippen molar-refractivity contribution >= 4 is 40.4 Å². The van der Waals surface area contributed by atoms with Crippen LogP contribution in [0.1, 0.15) is 5.56 Å². The van der Waals surface area contributed by atoms with E-state index in [0.29, 0.717) is 23.1 Å². The number of hydrogen-bond donors (Lipinski definition) is 2. The van der Waals surface area contributed by atoms with E-state index in [-0.39, 0.29) is 5.91 Å². The minimum atomic E-state index is 0.00531. The molecular weight excluding hydrogens is 258 g/mol. The van der Waals surface area contributed by atoms with Gasteiger partial charge in [-0.2, -0.15) is 0 Å². The number of carbonyl (C=O) groups is 1. The Bertz CT molecular complexity index is 478. The summed E-state index contributed by atoms with van der Waals surface area (Å²) in [5.74, 6) is 0.00531. The van der Waals surface area contributed by atoms with Crippen LogP contribution in [-0.2, 0) is 4.79 Å². The van der Waals surface area contributed by atoms with Gasteiger partial charge in [-0.05, 0) is 18.2 Å². The van der Waals surface area contributed by atoms with Crippen molar-refractivity contribution in [1.29, 1.82) is 0 Å². The molecule has 0 bridgehead atoms. The van der Waals surface area contributed by atoms with Gasteiger partial charge in [-0.25, -0.2) is 0 Å². The molecule has 0 atom stereocenters. The Hall–Kier alpha value is -1.33. The number of nitrogens with zero attached hydrogens (tertiary/aromatic N) is 1. The van der Waals surface area contributed by atoms with Gasteiger partial charge in [0.1, 0.15) is 4.99 Å². The number of piperazine rings is 1. The largest absolute Gasteiger partial charge is 0.389 e. The number of hydrogen-bond acceptors (Lipinski definition) is 3. The van der Waals surface area contributed by atoms with Crippen LogP contribution in [0.5, 0.6) is 0 Å². The molecule has 1 heterocycles. The maximum atomic E-state index is 11.3. The van der Waals surface area contributed by atoms with Crippen molar-refractivity contribution in [3.05, 3.63) is 28.8 Å². The molecule has 90 valence electrons. The van der Waals surface area contributed by atoms with E-state index in [1.807, 2.05) is 17.0 Å². The van der Waals surface area contributed by atoms with Crippen LogP contribution < -0.4 is 16.0 Å². The summed E-state index contributed by atoms with van der Waals surface area (Å²) in [4.78, 5) is 13.5. The third-order valence-electron chi connectivity index (χ3n) is 2.61. The maximum Gasteiger partial charge on any atom is 0.239 e. The molecular formula is C11H12ClN3OS. The van der Waals surface area contributed by atoms with Crippen LogP contribution in [0.25, 0.3) is 0 Å². The first kappa shape index (κ1) is 12.1. The molecule has 0 unspecified atom stereocenters. The van der Waals surface area contributed by atoms with Gasteiger partial charge in [-0.1, -0.05) is 23.8 Å². The van der Waals surface area contributed by atoms with Crippen LogP contribution in [0, 0.1) is 0 Å². The molecule has 0 spiro atoms. The van der Waals surface area contributed by atoms with E-state index in [9.17, 15) is 4.79 Å².